The molecule has 0 amide bonds. The second-order valence-corrected chi connectivity index (χ2v) is 5.13. The van der Waals surface area contributed by atoms with Crippen molar-refractivity contribution in [2.75, 3.05) is 6.54 Å². The lowest BCUT2D eigenvalue weighted by atomic mass is 10.0. The molecule has 2 rings (SSSR count). The molecule has 2 nitrogen and oxygen atoms in total. The Morgan fingerprint density at radius 3 is 2.15 bits per heavy atom. The molecule has 2 N–H and O–H groups in total. The van der Waals surface area contributed by atoms with Gasteiger partial charge in [0.2, 0.25) is 0 Å². The minimum atomic E-state index is -0.443. The van der Waals surface area contributed by atoms with Gasteiger partial charge < -0.3 is 10.4 Å². The van der Waals surface area contributed by atoms with E-state index in [1.165, 1.54) is 5.56 Å². The molecule has 2 atom stereocenters. The maximum atomic E-state index is 10.2. The van der Waals surface area contributed by atoms with Gasteiger partial charge in [-0.25, -0.2) is 0 Å². The summed E-state index contributed by atoms with van der Waals surface area (Å²) in [7, 11) is 0. The van der Waals surface area contributed by atoms with Gasteiger partial charge in [0.05, 0.1) is 6.10 Å². The first-order valence-corrected chi connectivity index (χ1v) is 7.30. The van der Waals surface area contributed by atoms with Gasteiger partial charge in [-0.15, -0.1) is 0 Å². The average Bonchev–Trinajstić information content (AvgIpc) is 2.53. The molecule has 0 spiro atoms. The van der Waals surface area contributed by atoms with E-state index < -0.39 is 6.10 Å². The molecule has 0 heterocycles. The SMILES string of the molecule is CCC(Cc1ccccc1)NCC(O)c1ccccc1. The number of hydrogen-bond acceptors (Lipinski definition) is 2. The third-order valence-electron chi connectivity index (χ3n) is 3.60. The molecule has 0 saturated carbocycles. The monoisotopic (exact) mass is 269 g/mol. The molecule has 0 aliphatic carbocycles. The fraction of sp³-hybridized carbons (Fsp3) is 0.333. The fourth-order valence-electron chi connectivity index (χ4n) is 2.33. The highest BCUT2D eigenvalue weighted by atomic mass is 16.3. The molecule has 0 bridgehead atoms. The normalized spacial score (nSPS) is 13.9. The summed E-state index contributed by atoms with van der Waals surface area (Å²) in [6, 6.07) is 20.7. The molecule has 2 aromatic carbocycles. The number of rotatable bonds is 7. The summed E-state index contributed by atoms with van der Waals surface area (Å²) in [4.78, 5) is 0. The zero-order chi connectivity index (χ0) is 14.2. The van der Waals surface area contributed by atoms with Crippen LogP contribution in [0.15, 0.2) is 60.7 Å². The van der Waals surface area contributed by atoms with Gasteiger partial charge in [0.15, 0.2) is 0 Å². The summed E-state index contributed by atoms with van der Waals surface area (Å²) in [5.41, 5.74) is 2.30. The molecule has 0 fully saturated rings. The van der Waals surface area contributed by atoms with E-state index in [-0.39, 0.29) is 0 Å². The largest absolute Gasteiger partial charge is 0.387 e. The van der Waals surface area contributed by atoms with Crippen molar-refractivity contribution in [2.24, 2.45) is 0 Å². The van der Waals surface area contributed by atoms with Crippen LogP contribution in [0, 0.1) is 0 Å². The molecule has 2 heteroatoms. The van der Waals surface area contributed by atoms with E-state index in [9.17, 15) is 5.11 Å². The van der Waals surface area contributed by atoms with Gasteiger partial charge in [0.1, 0.15) is 0 Å². The fourth-order valence-corrected chi connectivity index (χ4v) is 2.33. The van der Waals surface area contributed by atoms with Crippen LogP contribution in [0.5, 0.6) is 0 Å². The first kappa shape index (κ1) is 14.8. The van der Waals surface area contributed by atoms with E-state index >= 15 is 0 Å². The molecule has 0 saturated heterocycles. The van der Waals surface area contributed by atoms with Gasteiger partial charge in [0, 0.05) is 12.6 Å². The van der Waals surface area contributed by atoms with Crippen LogP contribution in [-0.2, 0) is 6.42 Å². The lowest BCUT2D eigenvalue weighted by Gasteiger charge is -2.20. The maximum Gasteiger partial charge on any atom is 0.0914 e. The van der Waals surface area contributed by atoms with Crippen molar-refractivity contribution in [2.45, 2.75) is 31.9 Å². The van der Waals surface area contributed by atoms with Crippen LogP contribution in [-0.4, -0.2) is 17.7 Å². The van der Waals surface area contributed by atoms with Crippen LogP contribution in [0.3, 0.4) is 0 Å². The Balaban J connectivity index is 1.85. The van der Waals surface area contributed by atoms with Crippen LogP contribution in [0.2, 0.25) is 0 Å². The van der Waals surface area contributed by atoms with Crippen molar-refractivity contribution in [3.8, 4) is 0 Å². The van der Waals surface area contributed by atoms with Gasteiger partial charge in [-0.1, -0.05) is 67.6 Å². The minimum absolute atomic E-state index is 0.399. The van der Waals surface area contributed by atoms with Gasteiger partial charge in [0.25, 0.3) is 0 Å². The van der Waals surface area contributed by atoms with Crippen molar-refractivity contribution in [3.63, 3.8) is 0 Å². The Morgan fingerprint density at radius 2 is 1.55 bits per heavy atom. The van der Waals surface area contributed by atoms with E-state index in [0.29, 0.717) is 12.6 Å². The quantitative estimate of drug-likeness (QED) is 0.808. The lowest BCUT2D eigenvalue weighted by Crippen LogP contribution is -2.34. The zero-order valence-corrected chi connectivity index (χ0v) is 12.0. The van der Waals surface area contributed by atoms with Crippen LogP contribution < -0.4 is 5.32 Å². The van der Waals surface area contributed by atoms with Crippen molar-refractivity contribution >= 4 is 0 Å². The minimum Gasteiger partial charge on any atom is -0.387 e. The average molecular weight is 269 g/mol. The van der Waals surface area contributed by atoms with E-state index in [1.54, 1.807) is 0 Å². The molecular formula is C18H23NO. The van der Waals surface area contributed by atoms with Crippen molar-refractivity contribution in [1.82, 2.24) is 5.32 Å². The Hall–Kier alpha value is -1.64. The van der Waals surface area contributed by atoms with E-state index in [0.717, 1.165) is 18.4 Å². The van der Waals surface area contributed by atoms with Crippen molar-refractivity contribution in [1.29, 1.82) is 0 Å². The van der Waals surface area contributed by atoms with Crippen molar-refractivity contribution < 1.29 is 5.11 Å². The van der Waals surface area contributed by atoms with Gasteiger partial charge in [-0.3, -0.25) is 0 Å². The Kier molecular flexibility index (Phi) is 5.78. The zero-order valence-electron chi connectivity index (χ0n) is 12.0. The summed E-state index contributed by atoms with van der Waals surface area (Å²) in [6.45, 7) is 2.77. The molecule has 0 aromatic heterocycles. The molecule has 2 unspecified atom stereocenters. The second-order valence-electron chi connectivity index (χ2n) is 5.13. The summed E-state index contributed by atoms with van der Waals surface area (Å²) >= 11 is 0. The molecule has 0 aliphatic rings. The van der Waals surface area contributed by atoms with Crippen LogP contribution >= 0.6 is 0 Å². The molecule has 2 aromatic rings. The van der Waals surface area contributed by atoms with Crippen LogP contribution in [0.4, 0.5) is 0 Å². The van der Waals surface area contributed by atoms with E-state index in [4.69, 9.17) is 0 Å². The van der Waals surface area contributed by atoms with Crippen LogP contribution in [0.1, 0.15) is 30.6 Å². The Morgan fingerprint density at radius 1 is 0.950 bits per heavy atom. The number of aliphatic hydroxyl groups is 1. The summed E-state index contributed by atoms with van der Waals surface area (Å²) in [5.74, 6) is 0. The molecule has 0 radical (unpaired) electrons. The lowest BCUT2D eigenvalue weighted by molar-refractivity contribution is 0.169. The van der Waals surface area contributed by atoms with Crippen LogP contribution in [0.25, 0.3) is 0 Å². The van der Waals surface area contributed by atoms with Crippen molar-refractivity contribution in [3.05, 3.63) is 71.8 Å². The molecular weight excluding hydrogens is 246 g/mol. The third-order valence-corrected chi connectivity index (χ3v) is 3.60. The third kappa shape index (κ3) is 4.48. The number of aliphatic hydroxyl groups excluding tert-OH is 1. The highest BCUT2D eigenvalue weighted by Gasteiger charge is 2.11. The highest BCUT2D eigenvalue weighted by Crippen LogP contribution is 2.12. The second kappa shape index (κ2) is 7.83. The first-order valence-electron chi connectivity index (χ1n) is 7.30. The maximum absolute atomic E-state index is 10.2. The molecule has 20 heavy (non-hydrogen) atoms. The first-order chi connectivity index (χ1) is 9.79. The van der Waals surface area contributed by atoms with E-state index in [2.05, 4.69) is 36.5 Å². The van der Waals surface area contributed by atoms with Gasteiger partial charge >= 0.3 is 0 Å². The summed E-state index contributed by atoms with van der Waals surface area (Å²) in [6.07, 6.45) is 1.61. The highest BCUT2D eigenvalue weighted by molar-refractivity contribution is 5.18. The van der Waals surface area contributed by atoms with E-state index in [1.807, 2.05) is 36.4 Å². The number of hydrogen-bond donors (Lipinski definition) is 2. The molecule has 0 aliphatic heterocycles. The topological polar surface area (TPSA) is 32.3 Å². The predicted octanol–water partition coefficient (Wildman–Crippen LogP) is 3.33. The summed E-state index contributed by atoms with van der Waals surface area (Å²) < 4.78 is 0. The predicted molar refractivity (Wildman–Crippen MR) is 83.6 cm³/mol. The molecule has 106 valence electrons. The smallest absolute Gasteiger partial charge is 0.0914 e. The Labute approximate surface area is 121 Å². The standard InChI is InChI=1S/C18H23NO/c1-2-17(13-15-9-5-3-6-10-15)19-14-18(20)16-11-7-4-8-12-16/h3-12,17-20H,2,13-14H2,1H3. The van der Waals surface area contributed by atoms with Gasteiger partial charge in [-0.05, 0) is 24.0 Å². The number of nitrogens with one attached hydrogen (secondary N) is 1. The summed E-state index contributed by atoms with van der Waals surface area (Å²) in [5, 5.41) is 13.6. The number of benzene rings is 2. The van der Waals surface area contributed by atoms with Gasteiger partial charge in [-0.2, -0.15) is 0 Å². The Bertz CT molecular complexity index is 483.